The molecule has 1 saturated heterocycles. The lowest BCUT2D eigenvalue weighted by Crippen LogP contribution is -2.15. The first-order chi connectivity index (χ1) is 8.83. The van der Waals surface area contributed by atoms with Crippen molar-refractivity contribution in [1.82, 2.24) is 9.97 Å². The van der Waals surface area contributed by atoms with Gasteiger partial charge in [-0.05, 0) is 37.7 Å². The summed E-state index contributed by atoms with van der Waals surface area (Å²) < 4.78 is 6.11. The molecule has 96 valence electrons. The lowest BCUT2D eigenvalue weighted by molar-refractivity contribution is 0.0641. The number of nitrogens with zero attached hydrogens (tertiary/aromatic N) is 1. The predicted octanol–water partition coefficient (Wildman–Crippen LogP) is 2.34. The van der Waals surface area contributed by atoms with Gasteiger partial charge in [0.15, 0.2) is 0 Å². The summed E-state index contributed by atoms with van der Waals surface area (Å²) in [5.41, 5.74) is 0.799. The molecule has 0 spiro atoms. The number of aromatic amines is 1. The van der Waals surface area contributed by atoms with Crippen molar-refractivity contribution in [2.24, 2.45) is 5.92 Å². The van der Waals surface area contributed by atoms with Crippen molar-refractivity contribution in [2.75, 3.05) is 13.2 Å². The molecule has 0 radical (unpaired) electrons. The minimum Gasteiger partial charge on any atom is -0.381 e. The van der Waals surface area contributed by atoms with Gasteiger partial charge in [0, 0.05) is 18.1 Å². The summed E-state index contributed by atoms with van der Waals surface area (Å²) in [5, 5.41) is 0. The molecule has 3 heterocycles. The minimum absolute atomic E-state index is 0.0256. The van der Waals surface area contributed by atoms with Crippen LogP contribution < -0.4 is 5.56 Å². The van der Waals surface area contributed by atoms with Crippen LogP contribution >= 0.6 is 11.3 Å². The first-order valence-electron chi connectivity index (χ1n) is 6.37. The topological polar surface area (TPSA) is 55.0 Å². The fraction of sp³-hybridized carbons (Fsp3) is 0.538. The average Bonchev–Trinajstić information content (AvgIpc) is 2.82. The van der Waals surface area contributed by atoms with Crippen LogP contribution in [-0.2, 0) is 11.2 Å². The Labute approximate surface area is 109 Å². The molecule has 18 heavy (non-hydrogen) atoms. The average molecular weight is 264 g/mol. The molecule has 1 aliphatic heterocycles. The number of nitrogens with one attached hydrogen (secondary N) is 1. The maximum Gasteiger partial charge on any atom is 0.268 e. The molecule has 1 aliphatic rings. The Kier molecular flexibility index (Phi) is 3.43. The first-order valence-corrected chi connectivity index (χ1v) is 7.18. The standard InChI is InChI=1S/C13H16N2O2S/c16-13-12-11(14-8-15-13)7-10(18-12)2-1-9-3-5-17-6-4-9/h7-9H,1-6H2,(H,14,15,16). The van der Waals surface area contributed by atoms with E-state index >= 15 is 0 Å². The van der Waals surface area contributed by atoms with E-state index in [-0.39, 0.29) is 5.56 Å². The van der Waals surface area contributed by atoms with Gasteiger partial charge in [-0.25, -0.2) is 4.98 Å². The van der Waals surface area contributed by atoms with Gasteiger partial charge in [0.05, 0.1) is 11.8 Å². The van der Waals surface area contributed by atoms with Gasteiger partial charge >= 0.3 is 0 Å². The third kappa shape index (κ3) is 2.47. The summed E-state index contributed by atoms with van der Waals surface area (Å²) in [6.45, 7) is 1.80. The van der Waals surface area contributed by atoms with E-state index in [2.05, 4.69) is 16.0 Å². The summed E-state index contributed by atoms with van der Waals surface area (Å²) >= 11 is 1.57. The SMILES string of the molecule is O=c1[nH]cnc2cc(CCC3CCOCC3)sc12. The van der Waals surface area contributed by atoms with E-state index in [0.29, 0.717) is 0 Å². The smallest absolute Gasteiger partial charge is 0.268 e. The number of ether oxygens (including phenoxy) is 1. The van der Waals surface area contributed by atoms with Crippen LogP contribution in [0.4, 0.5) is 0 Å². The lowest BCUT2D eigenvalue weighted by atomic mass is 9.95. The zero-order valence-corrected chi connectivity index (χ0v) is 11.0. The number of rotatable bonds is 3. The van der Waals surface area contributed by atoms with Gasteiger partial charge in [-0.2, -0.15) is 0 Å². The van der Waals surface area contributed by atoms with Crippen molar-refractivity contribution in [3.63, 3.8) is 0 Å². The number of aromatic nitrogens is 2. The molecule has 2 aromatic heterocycles. The van der Waals surface area contributed by atoms with Crippen molar-refractivity contribution in [2.45, 2.75) is 25.7 Å². The van der Waals surface area contributed by atoms with E-state index in [4.69, 9.17) is 4.74 Å². The van der Waals surface area contributed by atoms with E-state index < -0.39 is 0 Å². The fourth-order valence-electron chi connectivity index (χ4n) is 2.42. The minimum atomic E-state index is -0.0256. The van der Waals surface area contributed by atoms with Crippen molar-refractivity contribution in [3.8, 4) is 0 Å². The van der Waals surface area contributed by atoms with Gasteiger partial charge in [0.1, 0.15) is 4.70 Å². The molecule has 0 amide bonds. The highest BCUT2D eigenvalue weighted by Gasteiger charge is 2.14. The molecule has 0 aromatic carbocycles. The molecular weight excluding hydrogens is 248 g/mol. The summed E-state index contributed by atoms with van der Waals surface area (Å²) in [7, 11) is 0. The van der Waals surface area contributed by atoms with E-state index in [1.54, 1.807) is 11.3 Å². The van der Waals surface area contributed by atoms with Gasteiger partial charge in [0.25, 0.3) is 5.56 Å². The van der Waals surface area contributed by atoms with Crippen LogP contribution in [0.15, 0.2) is 17.2 Å². The molecule has 0 bridgehead atoms. The van der Waals surface area contributed by atoms with Gasteiger partial charge in [-0.1, -0.05) is 0 Å². The summed E-state index contributed by atoms with van der Waals surface area (Å²) in [6, 6.07) is 2.05. The number of hydrogen-bond donors (Lipinski definition) is 1. The van der Waals surface area contributed by atoms with Crippen molar-refractivity contribution in [1.29, 1.82) is 0 Å². The highest BCUT2D eigenvalue weighted by atomic mass is 32.1. The molecule has 1 fully saturated rings. The summed E-state index contributed by atoms with van der Waals surface area (Å²) in [4.78, 5) is 19.7. The molecule has 0 aliphatic carbocycles. The third-order valence-electron chi connectivity index (χ3n) is 3.51. The van der Waals surface area contributed by atoms with Crippen LogP contribution in [-0.4, -0.2) is 23.2 Å². The Hall–Kier alpha value is -1.20. The third-order valence-corrected chi connectivity index (χ3v) is 4.69. The maximum atomic E-state index is 11.6. The molecule has 5 heteroatoms. The molecular formula is C13H16N2O2S. The Morgan fingerprint density at radius 1 is 1.44 bits per heavy atom. The van der Waals surface area contributed by atoms with Crippen LogP contribution in [0.25, 0.3) is 10.2 Å². The highest BCUT2D eigenvalue weighted by molar-refractivity contribution is 7.18. The molecule has 0 saturated carbocycles. The molecule has 0 unspecified atom stereocenters. The molecule has 0 atom stereocenters. The van der Waals surface area contributed by atoms with Crippen LogP contribution in [0.3, 0.4) is 0 Å². The lowest BCUT2D eigenvalue weighted by Gasteiger charge is -2.21. The second kappa shape index (κ2) is 5.20. The number of thiophene rings is 1. The monoisotopic (exact) mass is 264 g/mol. The molecule has 3 rings (SSSR count). The van der Waals surface area contributed by atoms with Gasteiger partial charge in [-0.3, -0.25) is 4.79 Å². The maximum absolute atomic E-state index is 11.6. The molecule has 4 nitrogen and oxygen atoms in total. The number of aryl methyl sites for hydroxylation is 1. The fourth-order valence-corrected chi connectivity index (χ4v) is 3.44. The van der Waals surface area contributed by atoms with Crippen LogP contribution in [0.2, 0.25) is 0 Å². The zero-order chi connectivity index (χ0) is 12.4. The normalized spacial score (nSPS) is 17.3. The van der Waals surface area contributed by atoms with E-state index in [0.717, 1.165) is 35.8 Å². The highest BCUT2D eigenvalue weighted by Crippen LogP contribution is 2.25. The van der Waals surface area contributed by atoms with Crippen molar-refractivity contribution in [3.05, 3.63) is 27.6 Å². The Balaban J connectivity index is 1.71. The predicted molar refractivity (Wildman–Crippen MR) is 72.1 cm³/mol. The van der Waals surface area contributed by atoms with Crippen molar-refractivity contribution < 1.29 is 4.74 Å². The van der Waals surface area contributed by atoms with Crippen molar-refractivity contribution >= 4 is 21.6 Å². The van der Waals surface area contributed by atoms with E-state index in [1.807, 2.05) is 0 Å². The molecule has 1 N–H and O–H groups in total. The van der Waals surface area contributed by atoms with Crippen LogP contribution in [0, 0.1) is 5.92 Å². The Morgan fingerprint density at radius 3 is 3.06 bits per heavy atom. The van der Waals surface area contributed by atoms with Crippen LogP contribution in [0.5, 0.6) is 0 Å². The largest absolute Gasteiger partial charge is 0.381 e. The summed E-state index contributed by atoms with van der Waals surface area (Å²) in [5.74, 6) is 0.773. The number of hydrogen-bond acceptors (Lipinski definition) is 4. The van der Waals surface area contributed by atoms with Gasteiger partial charge in [-0.15, -0.1) is 11.3 Å². The summed E-state index contributed by atoms with van der Waals surface area (Å²) in [6.07, 6.45) is 6.05. The second-order valence-corrected chi connectivity index (χ2v) is 5.89. The van der Waals surface area contributed by atoms with Crippen LogP contribution in [0.1, 0.15) is 24.1 Å². The van der Waals surface area contributed by atoms with E-state index in [9.17, 15) is 4.79 Å². The first kappa shape index (κ1) is 11.9. The van der Waals surface area contributed by atoms with E-state index in [1.165, 1.54) is 30.5 Å². The Morgan fingerprint density at radius 2 is 2.28 bits per heavy atom. The van der Waals surface area contributed by atoms with Gasteiger partial charge in [0.2, 0.25) is 0 Å². The number of fused-ring (bicyclic) bond motifs is 1. The second-order valence-electron chi connectivity index (χ2n) is 4.75. The number of H-pyrrole nitrogens is 1. The zero-order valence-electron chi connectivity index (χ0n) is 10.1. The quantitative estimate of drug-likeness (QED) is 0.925. The van der Waals surface area contributed by atoms with Gasteiger partial charge < -0.3 is 9.72 Å². The Bertz CT molecular complexity index is 584. The molecule has 2 aromatic rings.